The summed E-state index contributed by atoms with van der Waals surface area (Å²) in [7, 11) is 0. The molecule has 0 aliphatic rings. The van der Waals surface area contributed by atoms with Gasteiger partial charge in [-0.1, -0.05) is 72.8 Å². The summed E-state index contributed by atoms with van der Waals surface area (Å²) in [5.74, 6) is 0. The summed E-state index contributed by atoms with van der Waals surface area (Å²) in [6.07, 6.45) is 1.68. The topological polar surface area (TPSA) is 54.8 Å². The number of fused-ring (bicyclic) bond motifs is 7. The van der Waals surface area contributed by atoms with Crippen molar-refractivity contribution in [2.24, 2.45) is 0 Å². The number of nitrogens with zero attached hydrogens (tertiary/aromatic N) is 3. The number of benzene rings is 5. The Bertz CT molecular complexity index is 2300. The van der Waals surface area contributed by atoms with Crippen LogP contribution in [0.15, 0.2) is 132 Å². The minimum absolute atomic E-state index is 0.598. The number of rotatable bonds is 3. The second-order valence-corrected chi connectivity index (χ2v) is 9.96. The van der Waals surface area contributed by atoms with E-state index >= 15 is 0 Å². The van der Waals surface area contributed by atoms with E-state index in [4.69, 9.17) is 4.42 Å². The molecule has 0 fully saturated rings. The van der Waals surface area contributed by atoms with Gasteiger partial charge in [-0.25, -0.2) is 0 Å². The van der Waals surface area contributed by atoms with Crippen LogP contribution in [0, 0.1) is 11.3 Å². The third kappa shape index (κ3) is 3.35. The fourth-order valence-corrected chi connectivity index (χ4v) is 5.84. The van der Waals surface area contributed by atoms with Crippen molar-refractivity contribution in [1.82, 2.24) is 9.55 Å². The van der Waals surface area contributed by atoms with Gasteiger partial charge in [0.2, 0.25) is 0 Å². The minimum Gasteiger partial charge on any atom is -0.454 e. The number of furan rings is 1. The molecule has 0 aliphatic heterocycles. The molecule has 186 valence electrons. The fraction of sp³-hybridized carbons (Fsp3) is 0. The highest BCUT2D eigenvalue weighted by Gasteiger charge is 2.19. The van der Waals surface area contributed by atoms with Crippen LogP contribution in [0.4, 0.5) is 0 Å². The molecule has 0 N–H and O–H groups in total. The lowest BCUT2D eigenvalue weighted by atomic mass is 10.0. The molecule has 4 heteroatoms. The average Bonchev–Trinajstić information content (AvgIpc) is 3.57. The number of hydrogen-bond donors (Lipinski definition) is 0. The SMILES string of the molecule is N#Cc1ccnc(-c2cccc(-c3cccc(-n4c5ccccc5c5ccc6c7ccccc7oc6c54)c3)c2)c1. The van der Waals surface area contributed by atoms with Crippen LogP contribution < -0.4 is 0 Å². The Labute approximate surface area is 230 Å². The smallest absolute Gasteiger partial charge is 0.160 e. The molecule has 0 spiro atoms. The summed E-state index contributed by atoms with van der Waals surface area (Å²) in [6.45, 7) is 0. The van der Waals surface area contributed by atoms with Crippen molar-refractivity contribution >= 4 is 43.7 Å². The van der Waals surface area contributed by atoms with E-state index in [0.717, 1.165) is 66.4 Å². The lowest BCUT2D eigenvalue weighted by molar-refractivity contribution is 0.671. The van der Waals surface area contributed by atoms with Gasteiger partial charge in [-0.2, -0.15) is 5.26 Å². The van der Waals surface area contributed by atoms with E-state index in [-0.39, 0.29) is 0 Å². The predicted molar refractivity (Wildman–Crippen MR) is 161 cm³/mol. The molecule has 0 unspecified atom stereocenters. The molecule has 0 radical (unpaired) electrons. The van der Waals surface area contributed by atoms with Crippen molar-refractivity contribution in [1.29, 1.82) is 5.26 Å². The molecule has 0 saturated carbocycles. The van der Waals surface area contributed by atoms with Crippen LogP contribution in [0.5, 0.6) is 0 Å². The molecule has 40 heavy (non-hydrogen) atoms. The Balaban J connectivity index is 1.36. The highest BCUT2D eigenvalue weighted by Crippen LogP contribution is 2.40. The van der Waals surface area contributed by atoms with Gasteiger partial charge >= 0.3 is 0 Å². The maximum Gasteiger partial charge on any atom is 0.160 e. The normalized spacial score (nSPS) is 11.5. The van der Waals surface area contributed by atoms with Crippen molar-refractivity contribution in [3.8, 4) is 34.1 Å². The number of pyridine rings is 1. The molecule has 8 rings (SSSR count). The third-order valence-corrected chi connectivity index (χ3v) is 7.66. The third-order valence-electron chi connectivity index (χ3n) is 7.66. The highest BCUT2D eigenvalue weighted by atomic mass is 16.3. The Hall–Kier alpha value is -5.66. The van der Waals surface area contributed by atoms with Gasteiger partial charge in [-0.3, -0.25) is 4.98 Å². The monoisotopic (exact) mass is 511 g/mol. The molecule has 8 aromatic rings. The van der Waals surface area contributed by atoms with Crippen LogP contribution in [0.1, 0.15) is 5.56 Å². The van der Waals surface area contributed by atoms with E-state index in [1.165, 1.54) is 5.39 Å². The van der Waals surface area contributed by atoms with Crippen LogP contribution in [0.3, 0.4) is 0 Å². The van der Waals surface area contributed by atoms with E-state index < -0.39 is 0 Å². The zero-order chi connectivity index (χ0) is 26.6. The first kappa shape index (κ1) is 22.3. The van der Waals surface area contributed by atoms with Crippen molar-refractivity contribution < 1.29 is 4.42 Å². The van der Waals surface area contributed by atoms with Gasteiger partial charge in [-0.15, -0.1) is 0 Å². The van der Waals surface area contributed by atoms with E-state index in [1.807, 2.05) is 30.3 Å². The summed E-state index contributed by atoms with van der Waals surface area (Å²) < 4.78 is 8.83. The molecular weight excluding hydrogens is 490 g/mol. The van der Waals surface area contributed by atoms with Gasteiger partial charge in [0.05, 0.1) is 28.4 Å². The number of nitriles is 1. The average molecular weight is 512 g/mol. The Morgan fingerprint density at radius 2 is 1.38 bits per heavy atom. The summed E-state index contributed by atoms with van der Waals surface area (Å²) in [6, 6.07) is 43.8. The van der Waals surface area contributed by atoms with Crippen molar-refractivity contribution in [3.63, 3.8) is 0 Å². The molecule has 0 atom stereocenters. The molecule has 3 aromatic heterocycles. The summed E-state index contributed by atoms with van der Waals surface area (Å²) >= 11 is 0. The molecule has 3 heterocycles. The van der Waals surface area contributed by atoms with Crippen LogP contribution in [0.25, 0.3) is 71.8 Å². The van der Waals surface area contributed by atoms with Crippen molar-refractivity contribution in [2.75, 3.05) is 0 Å². The standard InChI is InChI=1S/C36H21N3O/c37-22-23-17-18-38-32(19-23)26-9-5-7-24(20-26)25-8-6-10-27(21-25)39-33-13-3-1-11-28(33)30-15-16-31-29-12-2-4-14-34(29)40-36(31)35(30)39/h1-21H. The Morgan fingerprint density at radius 3 is 2.27 bits per heavy atom. The lowest BCUT2D eigenvalue weighted by Crippen LogP contribution is -1.94. The zero-order valence-electron chi connectivity index (χ0n) is 21.4. The van der Waals surface area contributed by atoms with Crippen LogP contribution in [-0.4, -0.2) is 9.55 Å². The zero-order valence-corrected chi connectivity index (χ0v) is 21.4. The van der Waals surface area contributed by atoms with Gasteiger partial charge in [-0.05, 0) is 59.7 Å². The van der Waals surface area contributed by atoms with Crippen LogP contribution in [-0.2, 0) is 0 Å². The highest BCUT2D eigenvalue weighted by molar-refractivity contribution is 6.21. The van der Waals surface area contributed by atoms with E-state index in [0.29, 0.717) is 5.56 Å². The fourth-order valence-electron chi connectivity index (χ4n) is 5.84. The molecular formula is C36H21N3O. The molecule has 4 nitrogen and oxygen atoms in total. The quantitative estimate of drug-likeness (QED) is 0.237. The minimum atomic E-state index is 0.598. The van der Waals surface area contributed by atoms with E-state index in [2.05, 4.69) is 101 Å². The number of hydrogen-bond acceptors (Lipinski definition) is 3. The summed E-state index contributed by atoms with van der Waals surface area (Å²) in [5.41, 5.74) is 9.58. The van der Waals surface area contributed by atoms with E-state index in [1.54, 1.807) is 12.3 Å². The molecule has 0 amide bonds. The molecule has 0 saturated heterocycles. The van der Waals surface area contributed by atoms with Crippen LogP contribution >= 0.6 is 0 Å². The van der Waals surface area contributed by atoms with Gasteiger partial charge in [0.25, 0.3) is 0 Å². The first-order valence-electron chi connectivity index (χ1n) is 13.2. The second-order valence-electron chi connectivity index (χ2n) is 9.96. The van der Waals surface area contributed by atoms with Gasteiger partial charge in [0.15, 0.2) is 5.58 Å². The van der Waals surface area contributed by atoms with Gasteiger partial charge in [0.1, 0.15) is 5.58 Å². The lowest BCUT2D eigenvalue weighted by Gasteiger charge is -2.11. The maximum atomic E-state index is 9.33. The van der Waals surface area contributed by atoms with Crippen molar-refractivity contribution in [3.05, 3.63) is 133 Å². The van der Waals surface area contributed by atoms with Gasteiger partial charge < -0.3 is 8.98 Å². The van der Waals surface area contributed by atoms with Crippen LogP contribution in [0.2, 0.25) is 0 Å². The number of aromatic nitrogens is 2. The maximum absolute atomic E-state index is 9.33. The summed E-state index contributed by atoms with van der Waals surface area (Å²) in [4.78, 5) is 4.50. The van der Waals surface area contributed by atoms with E-state index in [9.17, 15) is 5.26 Å². The Kier molecular flexibility index (Phi) is 4.85. The summed E-state index contributed by atoms with van der Waals surface area (Å²) in [5, 5.41) is 13.9. The first-order chi connectivity index (χ1) is 19.8. The molecule has 0 bridgehead atoms. The predicted octanol–water partition coefficient (Wildman–Crippen LogP) is 9.28. The number of para-hydroxylation sites is 2. The molecule has 5 aromatic carbocycles. The molecule has 0 aliphatic carbocycles. The van der Waals surface area contributed by atoms with Crippen molar-refractivity contribution in [2.45, 2.75) is 0 Å². The second kappa shape index (κ2) is 8.69. The largest absolute Gasteiger partial charge is 0.454 e. The van der Waals surface area contributed by atoms with Gasteiger partial charge in [0, 0.05) is 39.0 Å². The first-order valence-corrected chi connectivity index (χ1v) is 13.2. The Morgan fingerprint density at radius 1 is 0.625 bits per heavy atom.